The summed E-state index contributed by atoms with van der Waals surface area (Å²) in [4.78, 5) is 16.4. The van der Waals surface area contributed by atoms with Gasteiger partial charge in [-0.15, -0.1) is 0 Å². The Morgan fingerprint density at radius 1 is 1.44 bits per heavy atom. The molecule has 1 aromatic rings. The molecule has 0 aliphatic rings. The molecule has 1 aromatic carbocycles. The molecule has 0 saturated heterocycles. The molecule has 1 amide bonds. The molecular weight excluding hydrogens is 204 g/mol. The van der Waals surface area contributed by atoms with Gasteiger partial charge in [0.25, 0.3) is 0 Å². The highest BCUT2D eigenvalue weighted by atomic mass is 16.6. The number of carbonyl (C=O) groups excluding carboxylic acids is 1. The van der Waals surface area contributed by atoms with Crippen molar-refractivity contribution in [1.29, 1.82) is 0 Å². The summed E-state index contributed by atoms with van der Waals surface area (Å²) in [5.41, 5.74) is 8.84. The Hall–Kier alpha value is -1.39. The Morgan fingerprint density at radius 3 is 2.75 bits per heavy atom. The molecule has 4 nitrogen and oxygen atoms in total. The third kappa shape index (κ3) is 4.91. The smallest absolute Gasteiger partial charge is 0.243 e. The monoisotopic (exact) mass is 222 g/mol. The summed E-state index contributed by atoms with van der Waals surface area (Å²) in [6.07, 6.45) is 0.394. The van der Waals surface area contributed by atoms with E-state index in [0.29, 0.717) is 19.6 Å². The molecule has 4 heteroatoms. The number of amides is 1. The molecule has 0 aliphatic heterocycles. The lowest BCUT2D eigenvalue weighted by Crippen LogP contribution is -2.27. The zero-order valence-corrected chi connectivity index (χ0v) is 9.48. The van der Waals surface area contributed by atoms with Gasteiger partial charge in [0, 0.05) is 6.42 Å². The first-order valence-electron chi connectivity index (χ1n) is 5.37. The normalized spacial score (nSPS) is 12.1. The number of carbonyl (C=O) groups is 1. The van der Waals surface area contributed by atoms with Crippen LogP contribution in [0.25, 0.3) is 0 Å². The molecule has 0 aromatic heterocycles. The van der Waals surface area contributed by atoms with E-state index < -0.39 is 0 Å². The van der Waals surface area contributed by atoms with E-state index in [1.165, 1.54) is 0 Å². The van der Waals surface area contributed by atoms with Crippen LogP contribution in [-0.2, 0) is 16.2 Å². The molecule has 3 N–H and O–H groups in total. The molecule has 0 fully saturated rings. The van der Waals surface area contributed by atoms with E-state index in [9.17, 15) is 4.79 Å². The minimum absolute atomic E-state index is 0.131. The van der Waals surface area contributed by atoms with Gasteiger partial charge in [-0.25, -0.2) is 5.48 Å². The summed E-state index contributed by atoms with van der Waals surface area (Å²) in [5.74, 6) is 0.0502. The summed E-state index contributed by atoms with van der Waals surface area (Å²) in [6, 6.07) is 9.67. The molecule has 1 unspecified atom stereocenters. The second-order valence-corrected chi connectivity index (χ2v) is 3.84. The van der Waals surface area contributed by atoms with Crippen LogP contribution in [0.15, 0.2) is 30.3 Å². The first-order valence-corrected chi connectivity index (χ1v) is 5.37. The molecule has 0 radical (unpaired) electrons. The summed E-state index contributed by atoms with van der Waals surface area (Å²) in [6.45, 7) is 2.81. The standard InChI is InChI=1S/C12H18N2O2/c1-10(8-13)7-12(15)14-16-9-11-5-3-2-4-6-11/h2-6,10H,7-9,13H2,1H3,(H,14,15). The van der Waals surface area contributed by atoms with Gasteiger partial charge in [0.1, 0.15) is 0 Å². The van der Waals surface area contributed by atoms with Gasteiger partial charge < -0.3 is 5.73 Å². The van der Waals surface area contributed by atoms with Crippen LogP contribution in [0.5, 0.6) is 0 Å². The van der Waals surface area contributed by atoms with Gasteiger partial charge in [-0.1, -0.05) is 37.3 Å². The van der Waals surface area contributed by atoms with Crippen LogP contribution in [0, 0.1) is 5.92 Å². The number of hydroxylamine groups is 1. The minimum Gasteiger partial charge on any atom is -0.330 e. The van der Waals surface area contributed by atoms with Crippen molar-refractivity contribution in [3.05, 3.63) is 35.9 Å². The molecule has 0 aliphatic carbocycles. The van der Waals surface area contributed by atoms with Gasteiger partial charge in [0.15, 0.2) is 0 Å². The van der Waals surface area contributed by atoms with Gasteiger partial charge in [-0.2, -0.15) is 0 Å². The van der Waals surface area contributed by atoms with Gasteiger partial charge >= 0.3 is 0 Å². The van der Waals surface area contributed by atoms with Crippen LogP contribution in [0.1, 0.15) is 18.9 Å². The van der Waals surface area contributed by atoms with Crippen molar-refractivity contribution in [1.82, 2.24) is 5.48 Å². The maximum absolute atomic E-state index is 11.3. The maximum atomic E-state index is 11.3. The van der Waals surface area contributed by atoms with E-state index in [2.05, 4.69) is 5.48 Å². The Balaban J connectivity index is 2.18. The predicted octanol–water partition coefficient (Wildman–Crippen LogP) is 1.22. The Labute approximate surface area is 95.7 Å². The average Bonchev–Trinajstić information content (AvgIpc) is 2.30. The fraction of sp³-hybridized carbons (Fsp3) is 0.417. The summed E-state index contributed by atoms with van der Waals surface area (Å²) < 4.78 is 0. The van der Waals surface area contributed by atoms with Gasteiger partial charge in [0.05, 0.1) is 6.61 Å². The summed E-state index contributed by atoms with van der Waals surface area (Å²) >= 11 is 0. The molecule has 1 rings (SSSR count). The highest BCUT2D eigenvalue weighted by Crippen LogP contribution is 2.01. The van der Waals surface area contributed by atoms with Crippen LogP contribution >= 0.6 is 0 Å². The van der Waals surface area contributed by atoms with Crippen molar-refractivity contribution in [2.24, 2.45) is 11.7 Å². The van der Waals surface area contributed by atoms with E-state index in [1.54, 1.807) is 0 Å². The van der Waals surface area contributed by atoms with Crippen LogP contribution in [0.3, 0.4) is 0 Å². The van der Waals surface area contributed by atoms with E-state index in [4.69, 9.17) is 10.6 Å². The maximum Gasteiger partial charge on any atom is 0.243 e. The summed E-state index contributed by atoms with van der Waals surface area (Å²) in [7, 11) is 0. The number of benzene rings is 1. The molecule has 16 heavy (non-hydrogen) atoms. The minimum atomic E-state index is -0.131. The third-order valence-corrected chi connectivity index (χ3v) is 2.20. The predicted molar refractivity (Wildman–Crippen MR) is 62.2 cm³/mol. The lowest BCUT2D eigenvalue weighted by Gasteiger charge is -2.09. The second-order valence-electron chi connectivity index (χ2n) is 3.84. The Bertz CT molecular complexity index is 314. The van der Waals surface area contributed by atoms with Gasteiger partial charge in [0.2, 0.25) is 5.91 Å². The molecule has 88 valence electrons. The lowest BCUT2D eigenvalue weighted by molar-refractivity contribution is -0.135. The second kappa shape index (κ2) is 6.98. The molecule has 1 atom stereocenters. The number of nitrogens with one attached hydrogen (secondary N) is 1. The SMILES string of the molecule is CC(CN)CC(=O)NOCc1ccccc1. The van der Waals surface area contributed by atoms with Crippen LogP contribution in [0.2, 0.25) is 0 Å². The van der Waals surface area contributed by atoms with E-state index in [0.717, 1.165) is 5.56 Å². The highest BCUT2D eigenvalue weighted by molar-refractivity contribution is 5.74. The van der Waals surface area contributed by atoms with Crippen molar-refractivity contribution < 1.29 is 9.63 Å². The molecule has 0 spiro atoms. The molecule has 0 saturated carbocycles. The number of nitrogens with two attached hydrogens (primary N) is 1. The number of hydrogen-bond donors (Lipinski definition) is 2. The summed E-state index contributed by atoms with van der Waals surface area (Å²) in [5, 5.41) is 0. The topological polar surface area (TPSA) is 64.4 Å². The zero-order chi connectivity index (χ0) is 11.8. The fourth-order valence-electron chi connectivity index (χ4n) is 1.22. The van der Waals surface area contributed by atoms with Crippen LogP contribution < -0.4 is 11.2 Å². The molecule has 0 heterocycles. The number of hydrogen-bond acceptors (Lipinski definition) is 3. The van der Waals surface area contributed by atoms with Crippen LogP contribution in [-0.4, -0.2) is 12.5 Å². The zero-order valence-electron chi connectivity index (χ0n) is 9.48. The van der Waals surface area contributed by atoms with Gasteiger partial charge in [-0.05, 0) is 18.0 Å². The van der Waals surface area contributed by atoms with E-state index in [-0.39, 0.29) is 11.8 Å². The molecule has 0 bridgehead atoms. The fourth-order valence-corrected chi connectivity index (χ4v) is 1.22. The molecular formula is C12H18N2O2. The average molecular weight is 222 g/mol. The van der Waals surface area contributed by atoms with Crippen molar-refractivity contribution in [2.45, 2.75) is 20.0 Å². The van der Waals surface area contributed by atoms with Crippen molar-refractivity contribution in [3.8, 4) is 0 Å². The van der Waals surface area contributed by atoms with Crippen LogP contribution in [0.4, 0.5) is 0 Å². The van der Waals surface area contributed by atoms with Gasteiger partial charge in [-0.3, -0.25) is 9.63 Å². The van der Waals surface area contributed by atoms with E-state index >= 15 is 0 Å². The largest absolute Gasteiger partial charge is 0.330 e. The quantitative estimate of drug-likeness (QED) is 0.711. The third-order valence-electron chi connectivity index (χ3n) is 2.20. The first kappa shape index (κ1) is 12.7. The Kier molecular flexibility index (Phi) is 5.53. The number of rotatable bonds is 6. The lowest BCUT2D eigenvalue weighted by atomic mass is 10.1. The first-order chi connectivity index (χ1) is 7.72. The van der Waals surface area contributed by atoms with Crippen molar-refractivity contribution in [2.75, 3.05) is 6.54 Å². The Morgan fingerprint density at radius 2 is 2.12 bits per heavy atom. The van der Waals surface area contributed by atoms with Crippen molar-refractivity contribution in [3.63, 3.8) is 0 Å². The highest BCUT2D eigenvalue weighted by Gasteiger charge is 2.06. The van der Waals surface area contributed by atoms with E-state index in [1.807, 2.05) is 37.3 Å². The van der Waals surface area contributed by atoms with Crippen molar-refractivity contribution >= 4 is 5.91 Å².